The monoisotopic (exact) mass is 346 g/mol. The van der Waals surface area contributed by atoms with Crippen molar-refractivity contribution in [3.05, 3.63) is 35.4 Å². The first-order valence-corrected chi connectivity index (χ1v) is 8.55. The smallest absolute Gasteiger partial charge is 0.338 e. The van der Waals surface area contributed by atoms with Gasteiger partial charge in [0.1, 0.15) is 0 Å². The zero-order valence-corrected chi connectivity index (χ0v) is 15.3. The van der Waals surface area contributed by atoms with Crippen molar-refractivity contribution in [3.8, 4) is 0 Å². The van der Waals surface area contributed by atoms with Crippen LogP contribution in [0.2, 0.25) is 0 Å². The van der Waals surface area contributed by atoms with Gasteiger partial charge in [-0.3, -0.25) is 9.59 Å². The van der Waals surface area contributed by atoms with Crippen LogP contribution >= 0.6 is 0 Å². The summed E-state index contributed by atoms with van der Waals surface area (Å²) in [4.78, 5) is 37.6. The molecule has 0 saturated carbocycles. The van der Waals surface area contributed by atoms with E-state index in [-0.39, 0.29) is 17.4 Å². The lowest BCUT2D eigenvalue weighted by Gasteiger charge is -2.23. The summed E-state index contributed by atoms with van der Waals surface area (Å²) < 4.78 is 5.22. The second-order valence-corrected chi connectivity index (χ2v) is 7.40. The number of ether oxygens (including phenoxy) is 1. The molecule has 1 atom stereocenters. The highest BCUT2D eigenvalue weighted by molar-refractivity contribution is 5.92. The van der Waals surface area contributed by atoms with E-state index in [4.69, 9.17) is 4.74 Å². The fraction of sp³-hybridized carbons (Fsp3) is 0.526. The van der Waals surface area contributed by atoms with Gasteiger partial charge >= 0.3 is 5.97 Å². The molecule has 0 aromatic heterocycles. The summed E-state index contributed by atoms with van der Waals surface area (Å²) in [6, 6.07) is 6.93. The third-order valence-corrected chi connectivity index (χ3v) is 3.89. The minimum absolute atomic E-state index is 0.169. The molecule has 6 nitrogen and oxygen atoms in total. The molecule has 1 aliphatic heterocycles. The normalized spacial score (nSPS) is 15.8. The van der Waals surface area contributed by atoms with Crippen molar-refractivity contribution in [2.45, 2.75) is 58.7 Å². The third-order valence-electron chi connectivity index (χ3n) is 3.89. The van der Waals surface area contributed by atoms with E-state index >= 15 is 0 Å². The van der Waals surface area contributed by atoms with Gasteiger partial charge in [0.15, 0.2) is 6.10 Å². The SMILES string of the molecule is C[C@H](OC(=O)c1ccc(CN2CCCC2=O)cc1)C(=O)NC(C)(C)C. The Morgan fingerprint density at radius 3 is 2.40 bits per heavy atom. The largest absolute Gasteiger partial charge is 0.449 e. The van der Waals surface area contributed by atoms with E-state index in [1.807, 2.05) is 37.8 Å². The second-order valence-electron chi connectivity index (χ2n) is 7.40. The van der Waals surface area contributed by atoms with Gasteiger partial charge in [0.2, 0.25) is 5.91 Å². The summed E-state index contributed by atoms with van der Waals surface area (Å²) in [5.41, 5.74) is 0.962. The average molecular weight is 346 g/mol. The van der Waals surface area contributed by atoms with Crippen molar-refractivity contribution in [1.29, 1.82) is 0 Å². The van der Waals surface area contributed by atoms with Crippen molar-refractivity contribution in [1.82, 2.24) is 10.2 Å². The molecule has 136 valence electrons. The van der Waals surface area contributed by atoms with Gasteiger partial charge < -0.3 is 15.0 Å². The third kappa shape index (κ3) is 5.59. The van der Waals surface area contributed by atoms with Crippen molar-refractivity contribution in [3.63, 3.8) is 0 Å². The van der Waals surface area contributed by atoms with E-state index in [0.717, 1.165) is 18.5 Å². The summed E-state index contributed by atoms with van der Waals surface area (Å²) in [7, 11) is 0. The van der Waals surface area contributed by atoms with Crippen LogP contribution in [-0.4, -0.2) is 40.9 Å². The van der Waals surface area contributed by atoms with E-state index in [1.54, 1.807) is 19.1 Å². The maximum absolute atomic E-state index is 12.2. The Morgan fingerprint density at radius 2 is 1.88 bits per heavy atom. The molecule has 1 aliphatic rings. The van der Waals surface area contributed by atoms with Crippen molar-refractivity contribution < 1.29 is 19.1 Å². The zero-order valence-electron chi connectivity index (χ0n) is 15.3. The lowest BCUT2D eigenvalue weighted by Crippen LogP contribution is -2.46. The number of esters is 1. The van der Waals surface area contributed by atoms with Gasteiger partial charge in [-0.15, -0.1) is 0 Å². The molecule has 6 heteroatoms. The lowest BCUT2D eigenvalue weighted by molar-refractivity contribution is -0.130. The Balaban J connectivity index is 1.91. The maximum atomic E-state index is 12.2. The van der Waals surface area contributed by atoms with E-state index < -0.39 is 12.1 Å². The Bertz CT molecular complexity index is 646. The number of benzene rings is 1. The molecule has 0 bridgehead atoms. The second kappa shape index (κ2) is 7.68. The molecule has 0 radical (unpaired) electrons. The van der Waals surface area contributed by atoms with Crippen LogP contribution in [0.4, 0.5) is 0 Å². The van der Waals surface area contributed by atoms with Crippen LogP contribution in [0.3, 0.4) is 0 Å². The summed E-state index contributed by atoms with van der Waals surface area (Å²) >= 11 is 0. The average Bonchev–Trinajstić information content (AvgIpc) is 2.91. The molecule has 25 heavy (non-hydrogen) atoms. The van der Waals surface area contributed by atoms with Crippen LogP contribution in [0.5, 0.6) is 0 Å². The highest BCUT2D eigenvalue weighted by Gasteiger charge is 2.23. The number of carbonyl (C=O) groups is 3. The van der Waals surface area contributed by atoms with Gasteiger partial charge in [-0.2, -0.15) is 0 Å². The molecular weight excluding hydrogens is 320 g/mol. The molecule has 1 saturated heterocycles. The van der Waals surface area contributed by atoms with Gasteiger partial charge in [-0.25, -0.2) is 4.79 Å². The summed E-state index contributed by atoms with van der Waals surface area (Å²) in [6.45, 7) is 8.48. The van der Waals surface area contributed by atoms with Crippen LogP contribution in [0, 0.1) is 0 Å². The predicted molar refractivity (Wildman–Crippen MR) is 93.9 cm³/mol. The summed E-state index contributed by atoms with van der Waals surface area (Å²) in [6.07, 6.45) is 0.644. The number of rotatable bonds is 5. The van der Waals surface area contributed by atoms with Gasteiger partial charge in [-0.05, 0) is 51.8 Å². The van der Waals surface area contributed by atoms with Gasteiger partial charge in [0.25, 0.3) is 5.91 Å². The molecule has 1 heterocycles. The Labute approximate surface area is 148 Å². The number of amides is 2. The van der Waals surface area contributed by atoms with Crippen molar-refractivity contribution in [2.75, 3.05) is 6.54 Å². The quantitative estimate of drug-likeness (QED) is 0.830. The van der Waals surface area contributed by atoms with Gasteiger partial charge in [-0.1, -0.05) is 12.1 Å². The first-order valence-electron chi connectivity index (χ1n) is 8.55. The molecule has 0 spiro atoms. The number of likely N-dealkylation sites (tertiary alicyclic amines) is 1. The minimum atomic E-state index is -0.867. The van der Waals surface area contributed by atoms with Gasteiger partial charge in [0.05, 0.1) is 5.56 Å². The Kier molecular flexibility index (Phi) is 5.82. The molecule has 1 fully saturated rings. The number of nitrogens with one attached hydrogen (secondary N) is 1. The van der Waals surface area contributed by atoms with Crippen molar-refractivity contribution >= 4 is 17.8 Å². The molecule has 1 aromatic rings. The van der Waals surface area contributed by atoms with E-state index in [9.17, 15) is 14.4 Å². The van der Waals surface area contributed by atoms with Crippen LogP contribution in [-0.2, 0) is 20.9 Å². The molecule has 0 unspecified atom stereocenters. The fourth-order valence-electron chi connectivity index (χ4n) is 2.59. The lowest BCUT2D eigenvalue weighted by atomic mass is 10.1. The van der Waals surface area contributed by atoms with E-state index in [2.05, 4.69) is 5.32 Å². The van der Waals surface area contributed by atoms with E-state index in [0.29, 0.717) is 18.5 Å². The molecular formula is C19H26N2O4. The predicted octanol–water partition coefficient (Wildman–Crippen LogP) is 2.27. The molecule has 1 aromatic carbocycles. The maximum Gasteiger partial charge on any atom is 0.338 e. The molecule has 2 amide bonds. The number of nitrogens with zero attached hydrogens (tertiary/aromatic N) is 1. The highest BCUT2D eigenvalue weighted by atomic mass is 16.5. The van der Waals surface area contributed by atoms with Crippen molar-refractivity contribution in [2.24, 2.45) is 0 Å². The summed E-state index contributed by atoms with van der Waals surface area (Å²) in [5.74, 6) is -0.701. The molecule has 0 aliphatic carbocycles. The topological polar surface area (TPSA) is 75.7 Å². The minimum Gasteiger partial charge on any atom is -0.449 e. The van der Waals surface area contributed by atoms with Crippen LogP contribution in [0.25, 0.3) is 0 Å². The standard InChI is InChI=1S/C19H26N2O4/c1-13(17(23)20-19(2,3)4)25-18(24)15-9-7-14(8-10-15)12-21-11-5-6-16(21)22/h7-10,13H,5-6,11-12H2,1-4H3,(H,20,23)/t13-/m0/s1. The van der Waals surface area contributed by atoms with Crippen LogP contribution in [0.1, 0.15) is 56.5 Å². The molecule has 2 rings (SSSR count). The Hall–Kier alpha value is -2.37. The fourth-order valence-corrected chi connectivity index (χ4v) is 2.59. The van der Waals surface area contributed by atoms with Gasteiger partial charge in [0, 0.05) is 25.0 Å². The number of carbonyl (C=O) groups excluding carboxylic acids is 3. The zero-order chi connectivity index (χ0) is 18.6. The summed E-state index contributed by atoms with van der Waals surface area (Å²) in [5, 5.41) is 2.78. The van der Waals surface area contributed by atoms with E-state index in [1.165, 1.54) is 0 Å². The first kappa shape index (κ1) is 19.0. The highest BCUT2D eigenvalue weighted by Crippen LogP contribution is 2.15. The van der Waals surface area contributed by atoms with Crippen LogP contribution in [0.15, 0.2) is 24.3 Å². The molecule has 1 N–H and O–H groups in total. The first-order chi connectivity index (χ1) is 11.7. The number of hydrogen-bond acceptors (Lipinski definition) is 4. The Morgan fingerprint density at radius 1 is 1.24 bits per heavy atom. The van der Waals surface area contributed by atoms with Crippen LogP contribution < -0.4 is 5.32 Å². The number of hydrogen-bond donors (Lipinski definition) is 1.